The SMILES string of the molecule is CCn1ccc(NS(=O)(=O)c2ccc(OCC(N)=O)c(C)c2)n1. The minimum atomic E-state index is -3.75. The number of carbonyl (C=O) groups excluding carboxylic acids is 1. The molecule has 0 bridgehead atoms. The summed E-state index contributed by atoms with van der Waals surface area (Å²) >= 11 is 0. The van der Waals surface area contributed by atoms with Crippen molar-refractivity contribution < 1.29 is 17.9 Å². The van der Waals surface area contributed by atoms with Crippen LogP contribution in [0, 0.1) is 6.92 Å². The molecule has 0 spiro atoms. The van der Waals surface area contributed by atoms with E-state index in [0.29, 0.717) is 17.9 Å². The van der Waals surface area contributed by atoms with Crippen LogP contribution in [0.25, 0.3) is 0 Å². The Balaban J connectivity index is 2.19. The smallest absolute Gasteiger partial charge is 0.263 e. The standard InChI is InChI=1S/C14H18N4O4S/c1-3-18-7-6-14(16-18)17-23(20,21)11-4-5-12(10(2)8-11)22-9-13(15)19/h4-8H,3,9H2,1-2H3,(H2,15,19)(H,16,17). The number of rotatable bonds is 7. The first-order valence-corrected chi connectivity index (χ1v) is 8.38. The first-order valence-electron chi connectivity index (χ1n) is 6.90. The zero-order valence-corrected chi connectivity index (χ0v) is 13.6. The van der Waals surface area contributed by atoms with Crippen LogP contribution in [-0.4, -0.2) is 30.7 Å². The van der Waals surface area contributed by atoms with E-state index in [4.69, 9.17) is 10.5 Å². The zero-order valence-electron chi connectivity index (χ0n) is 12.8. The van der Waals surface area contributed by atoms with Crippen LogP contribution in [0.15, 0.2) is 35.4 Å². The van der Waals surface area contributed by atoms with E-state index in [2.05, 4.69) is 9.82 Å². The molecule has 0 saturated carbocycles. The predicted molar refractivity (Wildman–Crippen MR) is 84.6 cm³/mol. The van der Waals surface area contributed by atoms with Gasteiger partial charge in [0, 0.05) is 18.8 Å². The lowest BCUT2D eigenvalue weighted by atomic mass is 10.2. The van der Waals surface area contributed by atoms with Crippen molar-refractivity contribution in [2.45, 2.75) is 25.3 Å². The van der Waals surface area contributed by atoms with E-state index in [9.17, 15) is 13.2 Å². The fourth-order valence-electron chi connectivity index (χ4n) is 1.89. The number of hydrogen-bond acceptors (Lipinski definition) is 5. The summed E-state index contributed by atoms with van der Waals surface area (Å²) in [5, 5.41) is 4.08. The van der Waals surface area contributed by atoms with Crippen molar-refractivity contribution in [2.75, 3.05) is 11.3 Å². The van der Waals surface area contributed by atoms with Gasteiger partial charge in [0.05, 0.1) is 4.90 Å². The van der Waals surface area contributed by atoms with Crippen molar-refractivity contribution in [3.05, 3.63) is 36.0 Å². The third-order valence-electron chi connectivity index (χ3n) is 3.03. The van der Waals surface area contributed by atoms with Crippen LogP contribution in [0.5, 0.6) is 5.75 Å². The van der Waals surface area contributed by atoms with Crippen LogP contribution in [0.2, 0.25) is 0 Å². The third kappa shape index (κ3) is 4.22. The van der Waals surface area contributed by atoms with Crippen LogP contribution in [0.3, 0.4) is 0 Å². The summed E-state index contributed by atoms with van der Waals surface area (Å²) in [6.07, 6.45) is 1.68. The van der Waals surface area contributed by atoms with Gasteiger partial charge < -0.3 is 10.5 Å². The van der Waals surface area contributed by atoms with Gasteiger partial charge in [-0.2, -0.15) is 5.10 Å². The fraction of sp³-hybridized carbons (Fsp3) is 0.286. The van der Waals surface area contributed by atoms with Crippen molar-refractivity contribution in [3.63, 3.8) is 0 Å². The second-order valence-electron chi connectivity index (χ2n) is 4.84. The molecule has 0 atom stereocenters. The van der Waals surface area contributed by atoms with Crippen molar-refractivity contribution in [1.29, 1.82) is 0 Å². The largest absolute Gasteiger partial charge is 0.484 e. The summed E-state index contributed by atoms with van der Waals surface area (Å²) < 4.78 is 33.9. The van der Waals surface area contributed by atoms with E-state index in [1.54, 1.807) is 23.9 Å². The number of nitrogens with zero attached hydrogens (tertiary/aromatic N) is 2. The van der Waals surface area contributed by atoms with Gasteiger partial charge in [-0.15, -0.1) is 0 Å². The molecule has 3 N–H and O–H groups in total. The fourth-order valence-corrected chi connectivity index (χ4v) is 2.97. The van der Waals surface area contributed by atoms with Crippen molar-refractivity contribution in [1.82, 2.24) is 9.78 Å². The highest BCUT2D eigenvalue weighted by molar-refractivity contribution is 7.92. The van der Waals surface area contributed by atoms with Crippen molar-refractivity contribution in [3.8, 4) is 5.75 Å². The topological polar surface area (TPSA) is 116 Å². The second kappa shape index (κ2) is 6.69. The molecule has 2 rings (SSSR count). The van der Waals surface area contributed by atoms with Gasteiger partial charge in [-0.05, 0) is 37.6 Å². The summed E-state index contributed by atoms with van der Waals surface area (Å²) in [5.41, 5.74) is 5.59. The molecule has 124 valence electrons. The molecule has 1 amide bonds. The van der Waals surface area contributed by atoms with Crippen LogP contribution in [0.1, 0.15) is 12.5 Å². The maximum atomic E-state index is 12.4. The van der Waals surface area contributed by atoms with E-state index in [0.717, 1.165) is 0 Å². The minimum Gasteiger partial charge on any atom is -0.484 e. The summed E-state index contributed by atoms with van der Waals surface area (Å²) in [6.45, 7) is 3.97. The number of sulfonamides is 1. The van der Waals surface area contributed by atoms with Gasteiger partial charge in [0.2, 0.25) is 0 Å². The number of nitrogens with two attached hydrogens (primary N) is 1. The Kier molecular flexibility index (Phi) is 4.89. The number of amides is 1. The molecule has 0 unspecified atom stereocenters. The van der Waals surface area contributed by atoms with E-state index < -0.39 is 15.9 Å². The third-order valence-corrected chi connectivity index (χ3v) is 4.38. The minimum absolute atomic E-state index is 0.0764. The van der Waals surface area contributed by atoms with Gasteiger partial charge >= 0.3 is 0 Å². The monoisotopic (exact) mass is 338 g/mol. The summed E-state index contributed by atoms with van der Waals surface area (Å²) in [7, 11) is -3.75. The maximum absolute atomic E-state index is 12.4. The predicted octanol–water partition coefficient (Wildman–Crippen LogP) is 0.876. The molecule has 0 radical (unpaired) electrons. The van der Waals surface area contributed by atoms with Crippen LogP contribution in [-0.2, 0) is 21.4 Å². The summed E-state index contributed by atoms with van der Waals surface area (Å²) in [5.74, 6) is 0.0471. The summed E-state index contributed by atoms with van der Waals surface area (Å²) in [6, 6.07) is 5.91. The molecule has 1 aromatic heterocycles. The molecule has 1 aromatic carbocycles. The average molecular weight is 338 g/mol. The molecule has 8 nitrogen and oxygen atoms in total. The van der Waals surface area contributed by atoms with Crippen LogP contribution in [0.4, 0.5) is 5.82 Å². The van der Waals surface area contributed by atoms with Gasteiger partial charge in [-0.25, -0.2) is 8.42 Å². The molecular formula is C14H18N4O4S. The molecule has 0 aliphatic rings. The number of nitrogens with one attached hydrogen (secondary N) is 1. The van der Waals surface area contributed by atoms with Gasteiger partial charge in [-0.3, -0.25) is 14.2 Å². The Morgan fingerprint density at radius 3 is 2.70 bits per heavy atom. The maximum Gasteiger partial charge on any atom is 0.263 e. The molecule has 9 heteroatoms. The highest BCUT2D eigenvalue weighted by Gasteiger charge is 2.17. The Bertz CT molecular complexity index is 814. The first kappa shape index (κ1) is 16.8. The van der Waals surface area contributed by atoms with Crippen molar-refractivity contribution in [2.24, 2.45) is 5.73 Å². The molecule has 23 heavy (non-hydrogen) atoms. The van der Waals surface area contributed by atoms with E-state index in [-0.39, 0.29) is 17.3 Å². The number of aryl methyl sites for hydroxylation is 2. The number of primary amides is 1. The van der Waals surface area contributed by atoms with Crippen LogP contribution < -0.4 is 15.2 Å². The number of benzene rings is 1. The number of anilines is 1. The highest BCUT2D eigenvalue weighted by atomic mass is 32.2. The van der Waals surface area contributed by atoms with Crippen molar-refractivity contribution >= 4 is 21.7 Å². The normalized spacial score (nSPS) is 11.2. The molecule has 0 aliphatic carbocycles. The molecule has 0 fully saturated rings. The summed E-state index contributed by atoms with van der Waals surface area (Å²) in [4.78, 5) is 10.8. The van der Waals surface area contributed by atoms with E-state index in [1.165, 1.54) is 18.2 Å². The van der Waals surface area contributed by atoms with Gasteiger partial charge in [0.15, 0.2) is 12.4 Å². The Hall–Kier alpha value is -2.55. The first-order chi connectivity index (χ1) is 10.8. The van der Waals surface area contributed by atoms with E-state index in [1.807, 2.05) is 6.92 Å². The Morgan fingerprint density at radius 2 is 2.13 bits per heavy atom. The second-order valence-corrected chi connectivity index (χ2v) is 6.53. The Labute approximate surface area is 134 Å². The molecule has 2 aromatic rings. The molecule has 1 heterocycles. The Morgan fingerprint density at radius 1 is 1.39 bits per heavy atom. The lowest BCUT2D eigenvalue weighted by Crippen LogP contribution is -2.20. The van der Waals surface area contributed by atoms with Gasteiger partial charge in [0.25, 0.3) is 15.9 Å². The highest BCUT2D eigenvalue weighted by Crippen LogP contribution is 2.23. The molecule has 0 saturated heterocycles. The lowest BCUT2D eigenvalue weighted by molar-refractivity contribution is -0.119. The number of hydrogen-bond donors (Lipinski definition) is 2. The number of carbonyl (C=O) groups is 1. The molecule has 0 aliphatic heterocycles. The van der Waals surface area contributed by atoms with E-state index >= 15 is 0 Å². The zero-order chi connectivity index (χ0) is 17.0. The lowest BCUT2D eigenvalue weighted by Gasteiger charge is -2.10. The number of ether oxygens (including phenoxy) is 1. The van der Waals surface area contributed by atoms with Crippen LogP contribution >= 0.6 is 0 Å². The average Bonchev–Trinajstić information content (AvgIpc) is 2.92. The van der Waals surface area contributed by atoms with Gasteiger partial charge in [0.1, 0.15) is 5.75 Å². The van der Waals surface area contributed by atoms with Gasteiger partial charge in [-0.1, -0.05) is 0 Å². The number of aromatic nitrogens is 2. The molecular weight excluding hydrogens is 320 g/mol. The quantitative estimate of drug-likeness (QED) is 0.777.